The van der Waals surface area contributed by atoms with E-state index in [9.17, 15) is 4.39 Å². The molecule has 25 heavy (non-hydrogen) atoms. The van der Waals surface area contributed by atoms with E-state index in [1.807, 2.05) is 12.4 Å². The molecule has 7 heteroatoms. The van der Waals surface area contributed by atoms with E-state index in [-0.39, 0.29) is 0 Å². The van der Waals surface area contributed by atoms with Crippen molar-refractivity contribution >= 4 is 11.3 Å². The number of likely N-dealkylation sites (N-methyl/N-ethyl adjacent to an activating group) is 1. The average Bonchev–Trinajstić information content (AvgIpc) is 3.14. The van der Waals surface area contributed by atoms with Crippen LogP contribution in [0.25, 0.3) is 0 Å². The Kier molecular flexibility index (Phi) is 7.18. The van der Waals surface area contributed by atoms with Gasteiger partial charge in [-0.05, 0) is 39.9 Å². The van der Waals surface area contributed by atoms with E-state index < -0.39 is 6.17 Å². The summed E-state index contributed by atoms with van der Waals surface area (Å²) in [5, 5.41) is 0. The Labute approximate surface area is 154 Å². The van der Waals surface area contributed by atoms with E-state index >= 15 is 0 Å². The summed E-state index contributed by atoms with van der Waals surface area (Å²) in [6.45, 7) is 10.4. The van der Waals surface area contributed by atoms with Crippen molar-refractivity contribution in [3.63, 3.8) is 0 Å². The molecule has 3 heterocycles. The van der Waals surface area contributed by atoms with Crippen LogP contribution in [0.5, 0.6) is 0 Å². The monoisotopic (exact) mass is 370 g/mol. The SMILES string of the molecule is Cc1ncsc1CN1C[C@@H](F)C[C@H]1CN(C)CCCN1CCOCC1. The molecule has 1 aromatic rings. The van der Waals surface area contributed by atoms with Gasteiger partial charge in [0.25, 0.3) is 0 Å². The van der Waals surface area contributed by atoms with Crippen LogP contribution in [0.3, 0.4) is 0 Å². The lowest BCUT2D eigenvalue weighted by Gasteiger charge is -2.30. The van der Waals surface area contributed by atoms with E-state index in [2.05, 4.69) is 26.7 Å². The van der Waals surface area contributed by atoms with Gasteiger partial charge in [0.15, 0.2) is 0 Å². The van der Waals surface area contributed by atoms with Crippen LogP contribution in [0.2, 0.25) is 0 Å². The first-order chi connectivity index (χ1) is 12.1. The topological polar surface area (TPSA) is 31.8 Å². The molecule has 2 aliphatic heterocycles. The average molecular weight is 371 g/mol. The molecule has 2 atom stereocenters. The first-order valence-corrected chi connectivity index (χ1v) is 10.3. The molecule has 5 nitrogen and oxygen atoms in total. The van der Waals surface area contributed by atoms with Crippen LogP contribution in [0.15, 0.2) is 5.51 Å². The van der Waals surface area contributed by atoms with Crippen molar-refractivity contribution < 1.29 is 9.13 Å². The number of aromatic nitrogens is 1. The number of nitrogens with zero attached hydrogens (tertiary/aromatic N) is 4. The quantitative estimate of drug-likeness (QED) is 0.699. The van der Waals surface area contributed by atoms with E-state index in [1.54, 1.807) is 11.3 Å². The first kappa shape index (κ1) is 19.2. The molecule has 2 saturated heterocycles. The molecule has 0 saturated carbocycles. The number of alkyl halides is 1. The van der Waals surface area contributed by atoms with Gasteiger partial charge >= 0.3 is 0 Å². The van der Waals surface area contributed by atoms with E-state index in [0.29, 0.717) is 19.0 Å². The second-order valence-electron chi connectivity index (χ2n) is 7.35. The second kappa shape index (κ2) is 9.37. The Morgan fingerprint density at radius 2 is 2.20 bits per heavy atom. The van der Waals surface area contributed by atoms with Crippen molar-refractivity contribution in [2.45, 2.75) is 38.5 Å². The van der Waals surface area contributed by atoms with Gasteiger partial charge in [-0.25, -0.2) is 9.37 Å². The number of rotatable bonds is 8. The number of likely N-dealkylation sites (tertiary alicyclic amines) is 1. The largest absolute Gasteiger partial charge is 0.379 e. The van der Waals surface area contributed by atoms with Crippen LogP contribution in [-0.4, -0.2) is 91.4 Å². The molecule has 0 spiro atoms. The second-order valence-corrected chi connectivity index (χ2v) is 8.29. The molecular weight excluding hydrogens is 339 g/mol. The molecule has 142 valence electrons. The van der Waals surface area contributed by atoms with Gasteiger partial charge in [0.2, 0.25) is 0 Å². The third-order valence-electron chi connectivity index (χ3n) is 5.31. The van der Waals surface area contributed by atoms with Crippen LogP contribution >= 0.6 is 11.3 Å². The molecule has 2 fully saturated rings. The minimum Gasteiger partial charge on any atom is -0.379 e. The Balaban J connectivity index is 1.42. The van der Waals surface area contributed by atoms with E-state index in [4.69, 9.17) is 4.74 Å². The fourth-order valence-corrected chi connectivity index (χ4v) is 4.61. The maximum atomic E-state index is 14.0. The Hall–Kier alpha value is -0.600. The molecule has 2 aliphatic rings. The van der Waals surface area contributed by atoms with Gasteiger partial charge in [0.1, 0.15) is 6.17 Å². The van der Waals surface area contributed by atoms with Gasteiger partial charge in [0.05, 0.1) is 24.4 Å². The van der Waals surface area contributed by atoms with Crippen molar-refractivity contribution in [1.29, 1.82) is 0 Å². The highest BCUT2D eigenvalue weighted by molar-refractivity contribution is 7.09. The summed E-state index contributed by atoms with van der Waals surface area (Å²) in [6.07, 6.45) is 1.13. The van der Waals surface area contributed by atoms with Crippen molar-refractivity contribution in [1.82, 2.24) is 19.7 Å². The molecule has 0 aliphatic carbocycles. The van der Waals surface area contributed by atoms with Crippen LogP contribution < -0.4 is 0 Å². The van der Waals surface area contributed by atoms with E-state index in [1.165, 1.54) is 4.88 Å². The summed E-state index contributed by atoms with van der Waals surface area (Å²) in [7, 11) is 2.17. The molecule has 0 bridgehead atoms. The van der Waals surface area contributed by atoms with Crippen LogP contribution in [0.1, 0.15) is 23.4 Å². The summed E-state index contributed by atoms with van der Waals surface area (Å²) < 4.78 is 19.4. The number of ether oxygens (including phenoxy) is 1. The predicted molar refractivity (Wildman–Crippen MR) is 99.9 cm³/mol. The summed E-state index contributed by atoms with van der Waals surface area (Å²) in [6, 6.07) is 0.310. The maximum Gasteiger partial charge on any atom is 0.114 e. The van der Waals surface area contributed by atoms with Crippen LogP contribution in [0, 0.1) is 6.92 Å². The maximum absolute atomic E-state index is 14.0. The van der Waals surface area contributed by atoms with Crippen LogP contribution in [0.4, 0.5) is 4.39 Å². The van der Waals surface area contributed by atoms with Gasteiger partial charge < -0.3 is 9.64 Å². The Morgan fingerprint density at radius 1 is 1.40 bits per heavy atom. The molecule has 0 N–H and O–H groups in total. The van der Waals surface area contributed by atoms with Crippen molar-refractivity contribution in [2.75, 3.05) is 59.5 Å². The van der Waals surface area contributed by atoms with Gasteiger partial charge in [-0.3, -0.25) is 9.80 Å². The zero-order valence-electron chi connectivity index (χ0n) is 15.5. The molecule has 1 aromatic heterocycles. The number of aryl methyl sites for hydroxylation is 1. The van der Waals surface area contributed by atoms with Gasteiger partial charge in [-0.15, -0.1) is 11.3 Å². The lowest BCUT2D eigenvalue weighted by Crippen LogP contribution is -2.40. The molecular formula is C18H31FN4OS. The predicted octanol–water partition coefficient (Wildman–Crippen LogP) is 2.02. The summed E-state index contributed by atoms with van der Waals surface area (Å²) in [5.74, 6) is 0. The molecule has 0 aromatic carbocycles. The zero-order valence-corrected chi connectivity index (χ0v) is 16.3. The number of morpholine rings is 1. The molecule has 0 radical (unpaired) electrons. The van der Waals surface area contributed by atoms with E-state index in [0.717, 1.165) is 64.6 Å². The fourth-order valence-electron chi connectivity index (χ4n) is 3.81. The van der Waals surface area contributed by atoms with Gasteiger partial charge in [-0.2, -0.15) is 0 Å². The Bertz CT molecular complexity index is 523. The smallest absolute Gasteiger partial charge is 0.114 e. The summed E-state index contributed by atoms with van der Waals surface area (Å²) in [4.78, 5) is 12.8. The van der Waals surface area contributed by atoms with Gasteiger partial charge in [0, 0.05) is 43.6 Å². The third kappa shape index (κ3) is 5.69. The summed E-state index contributed by atoms with van der Waals surface area (Å²) in [5.41, 5.74) is 2.98. The summed E-state index contributed by atoms with van der Waals surface area (Å²) >= 11 is 1.68. The minimum atomic E-state index is -0.694. The number of halogens is 1. The lowest BCUT2D eigenvalue weighted by molar-refractivity contribution is 0.0361. The number of thiazole rings is 1. The normalized spacial score (nSPS) is 25.9. The minimum absolute atomic E-state index is 0.310. The van der Waals surface area contributed by atoms with Crippen molar-refractivity contribution in [3.8, 4) is 0 Å². The molecule has 0 amide bonds. The first-order valence-electron chi connectivity index (χ1n) is 9.37. The van der Waals surface area contributed by atoms with Crippen LogP contribution in [-0.2, 0) is 11.3 Å². The Morgan fingerprint density at radius 3 is 2.92 bits per heavy atom. The highest BCUT2D eigenvalue weighted by Crippen LogP contribution is 2.25. The lowest BCUT2D eigenvalue weighted by atomic mass is 10.2. The highest BCUT2D eigenvalue weighted by Gasteiger charge is 2.33. The van der Waals surface area contributed by atoms with Crippen molar-refractivity contribution in [3.05, 3.63) is 16.1 Å². The molecule has 3 rings (SSSR count). The highest BCUT2D eigenvalue weighted by atomic mass is 32.1. The third-order valence-corrected chi connectivity index (χ3v) is 6.23. The number of hydrogen-bond acceptors (Lipinski definition) is 6. The standard InChI is InChI=1S/C18H31FN4OS/c1-15-18(25-14-20-15)13-23-11-16(19)10-17(23)12-21(2)4-3-5-22-6-8-24-9-7-22/h14,16-17H,3-13H2,1-2H3/t16-,17-/m0/s1. The fraction of sp³-hybridized carbons (Fsp3) is 0.833. The molecule has 0 unspecified atom stereocenters. The van der Waals surface area contributed by atoms with Gasteiger partial charge in [-0.1, -0.05) is 0 Å². The van der Waals surface area contributed by atoms with Crippen molar-refractivity contribution in [2.24, 2.45) is 0 Å². The zero-order chi connectivity index (χ0) is 17.6. The number of hydrogen-bond donors (Lipinski definition) is 0.